The van der Waals surface area contributed by atoms with Crippen molar-refractivity contribution in [1.29, 1.82) is 0 Å². The molecule has 0 aromatic heterocycles. The molecule has 1 saturated heterocycles. The standard InChI is InChI=1S/C13H25N3O2/c1-5-13(2,14)12(18)16-8-6-10(7-9-16)11(17)15(3)4/h10H,5-9,14H2,1-4H3. The number of carbonyl (C=O) groups is 2. The van der Waals surface area contributed by atoms with Gasteiger partial charge < -0.3 is 15.5 Å². The van der Waals surface area contributed by atoms with Crippen molar-refractivity contribution in [3.63, 3.8) is 0 Å². The van der Waals surface area contributed by atoms with Gasteiger partial charge in [0.05, 0.1) is 5.54 Å². The van der Waals surface area contributed by atoms with Gasteiger partial charge in [-0.2, -0.15) is 0 Å². The van der Waals surface area contributed by atoms with Crippen LogP contribution in [0.15, 0.2) is 0 Å². The summed E-state index contributed by atoms with van der Waals surface area (Å²) in [6.07, 6.45) is 2.10. The van der Waals surface area contributed by atoms with Crippen LogP contribution in [0, 0.1) is 5.92 Å². The monoisotopic (exact) mass is 255 g/mol. The number of hydrogen-bond acceptors (Lipinski definition) is 3. The van der Waals surface area contributed by atoms with Crippen LogP contribution < -0.4 is 5.73 Å². The molecule has 0 saturated carbocycles. The molecule has 104 valence electrons. The van der Waals surface area contributed by atoms with Gasteiger partial charge in [0.15, 0.2) is 0 Å². The van der Waals surface area contributed by atoms with Crippen LogP contribution in [-0.2, 0) is 9.59 Å². The number of piperidine rings is 1. The highest BCUT2D eigenvalue weighted by Gasteiger charge is 2.34. The Morgan fingerprint density at radius 2 is 1.83 bits per heavy atom. The minimum Gasteiger partial charge on any atom is -0.349 e. The summed E-state index contributed by atoms with van der Waals surface area (Å²) in [5.41, 5.74) is 5.19. The fraction of sp³-hybridized carbons (Fsp3) is 0.846. The molecule has 1 aliphatic heterocycles. The number of likely N-dealkylation sites (tertiary alicyclic amines) is 1. The number of carbonyl (C=O) groups excluding carboxylic acids is 2. The maximum Gasteiger partial charge on any atom is 0.242 e. The van der Waals surface area contributed by atoms with Gasteiger partial charge in [0.25, 0.3) is 0 Å². The Labute approximate surface area is 109 Å². The maximum absolute atomic E-state index is 12.2. The van der Waals surface area contributed by atoms with Crippen molar-refractivity contribution in [3.05, 3.63) is 0 Å². The highest BCUT2D eigenvalue weighted by atomic mass is 16.2. The molecule has 0 bridgehead atoms. The summed E-state index contributed by atoms with van der Waals surface area (Å²) in [6.45, 7) is 4.96. The molecule has 0 radical (unpaired) electrons. The van der Waals surface area contributed by atoms with Gasteiger partial charge in [-0.1, -0.05) is 6.92 Å². The third-order valence-electron chi connectivity index (χ3n) is 3.80. The Kier molecular flexibility index (Phi) is 4.73. The molecule has 2 amide bonds. The molecule has 5 nitrogen and oxygen atoms in total. The van der Waals surface area contributed by atoms with Crippen LogP contribution >= 0.6 is 0 Å². The number of nitrogens with two attached hydrogens (primary N) is 1. The third-order valence-corrected chi connectivity index (χ3v) is 3.80. The second-order valence-corrected chi connectivity index (χ2v) is 5.57. The zero-order chi connectivity index (χ0) is 13.9. The summed E-state index contributed by atoms with van der Waals surface area (Å²) in [4.78, 5) is 27.4. The summed E-state index contributed by atoms with van der Waals surface area (Å²) in [5, 5.41) is 0. The molecule has 0 aliphatic carbocycles. The van der Waals surface area contributed by atoms with Gasteiger partial charge in [0.1, 0.15) is 0 Å². The number of hydrogen-bond donors (Lipinski definition) is 1. The Morgan fingerprint density at radius 1 is 1.33 bits per heavy atom. The molecule has 0 spiro atoms. The van der Waals surface area contributed by atoms with Gasteiger partial charge in [-0.15, -0.1) is 0 Å². The lowest BCUT2D eigenvalue weighted by Crippen LogP contribution is -2.55. The van der Waals surface area contributed by atoms with Crippen molar-refractivity contribution in [2.75, 3.05) is 27.2 Å². The molecule has 1 fully saturated rings. The summed E-state index contributed by atoms with van der Waals surface area (Å²) < 4.78 is 0. The first-order valence-corrected chi connectivity index (χ1v) is 6.59. The van der Waals surface area contributed by atoms with E-state index in [9.17, 15) is 9.59 Å². The van der Waals surface area contributed by atoms with Gasteiger partial charge in [-0.05, 0) is 26.2 Å². The molecule has 1 rings (SSSR count). The fourth-order valence-corrected chi connectivity index (χ4v) is 2.21. The van der Waals surface area contributed by atoms with Gasteiger partial charge in [-0.25, -0.2) is 0 Å². The van der Waals surface area contributed by atoms with Gasteiger partial charge in [0, 0.05) is 33.1 Å². The van der Waals surface area contributed by atoms with E-state index in [4.69, 9.17) is 5.73 Å². The first-order chi connectivity index (χ1) is 8.29. The molecule has 1 aliphatic rings. The van der Waals surface area contributed by atoms with E-state index in [2.05, 4.69) is 0 Å². The van der Waals surface area contributed by atoms with Crippen LogP contribution in [-0.4, -0.2) is 54.3 Å². The normalized spacial score (nSPS) is 20.4. The Hall–Kier alpha value is -1.10. The Bertz CT molecular complexity index is 318. The average Bonchev–Trinajstić information content (AvgIpc) is 2.37. The van der Waals surface area contributed by atoms with Gasteiger partial charge >= 0.3 is 0 Å². The van der Waals surface area contributed by atoms with Crippen LogP contribution in [0.2, 0.25) is 0 Å². The lowest BCUT2D eigenvalue weighted by molar-refractivity contribution is -0.142. The summed E-state index contributed by atoms with van der Waals surface area (Å²) in [6, 6.07) is 0. The van der Waals surface area contributed by atoms with Crippen LogP contribution in [0.5, 0.6) is 0 Å². The van der Waals surface area contributed by atoms with E-state index in [1.54, 1.807) is 30.8 Å². The summed E-state index contributed by atoms with van der Waals surface area (Å²) >= 11 is 0. The second-order valence-electron chi connectivity index (χ2n) is 5.57. The molecular weight excluding hydrogens is 230 g/mol. The lowest BCUT2D eigenvalue weighted by atomic mass is 9.92. The molecule has 1 unspecified atom stereocenters. The zero-order valence-electron chi connectivity index (χ0n) is 11.9. The van der Waals surface area contributed by atoms with E-state index in [1.807, 2.05) is 6.92 Å². The van der Waals surface area contributed by atoms with Crippen LogP contribution in [0.4, 0.5) is 0 Å². The molecule has 1 atom stereocenters. The third kappa shape index (κ3) is 3.22. The molecule has 18 heavy (non-hydrogen) atoms. The predicted octanol–water partition coefficient (Wildman–Crippen LogP) is 0.441. The topological polar surface area (TPSA) is 66.6 Å². The van der Waals surface area contributed by atoms with Crippen LogP contribution in [0.25, 0.3) is 0 Å². The summed E-state index contributed by atoms with van der Waals surface area (Å²) in [5.74, 6) is 0.212. The highest BCUT2D eigenvalue weighted by Crippen LogP contribution is 2.21. The smallest absolute Gasteiger partial charge is 0.242 e. The van der Waals surface area contributed by atoms with Crippen molar-refractivity contribution in [2.45, 2.75) is 38.6 Å². The van der Waals surface area contributed by atoms with Crippen LogP contribution in [0.3, 0.4) is 0 Å². The molecule has 2 N–H and O–H groups in total. The highest BCUT2D eigenvalue weighted by molar-refractivity contribution is 5.86. The minimum absolute atomic E-state index is 0.000696. The minimum atomic E-state index is -0.779. The molecule has 0 aromatic rings. The quantitative estimate of drug-likeness (QED) is 0.796. The van der Waals surface area contributed by atoms with Gasteiger partial charge in [-0.3, -0.25) is 9.59 Å². The molecule has 5 heteroatoms. The number of rotatable bonds is 3. The summed E-state index contributed by atoms with van der Waals surface area (Å²) in [7, 11) is 3.54. The van der Waals surface area contributed by atoms with Crippen molar-refractivity contribution in [3.8, 4) is 0 Å². The first-order valence-electron chi connectivity index (χ1n) is 6.59. The van der Waals surface area contributed by atoms with Crippen molar-refractivity contribution >= 4 is 11.8 Å². The van der Waals surface area contributed by atoms with Crippen molar-refractivity contribution in [1.82, 2.24) is 9.80 Å². The number of amides is 2. The van der Waals surface area contributed by atoms with Crippen molar-refractivity contribution < 1.29 is 9.59 Å². The maximum atomic E-state index is 12.2. The van der Waals surface area contributed by atoms with Crippen molar-refractivity contribution in [2.24, 2.45) is 11.7 Å². The first kappa shape index (κ1) is 15.0. The molecular formula is C13H25N3O2. The number of nitrogens with zero attached hydrogens (tertiary/aromatic N) is 2. The largest absolute Gasteiger partial charge is 0.349 e. The van der Waals surface area contributed by atoms with E-state index in [-0.39, 0.29) is 17.7 Å². The SMILES string of the molecule is CCC(C)(N)C(=O)N1CCC(C(=O)N(C)C)CC1. The zero-order valence-corrected chi connectivity index (χ0v) is 11.9. The van der Waals surface area contributed by atoms with E-state index >= 15 is 0 Å². The van der Waals surface area contributed by atoms with E-state index in [0.717, 1.165) is 12.8 Å². The van der Waals surface area contributed by atoms with Crippen LogP contribution in [0.1, 0.15) is 33.1 Å². The fourth-order valence-electron chi connectivity index (χ4n) is 2.21. The lowest BCUT2D eigenvalue weighted by Gasteiger charge is -2.36. The van der Waals surface area contributed by atoms with Gasteiger partial charge in [0.2, 0.25) is 11.8 Å². The second kappa shape index (κ2) is 5.69. The van der Waals surface area contributed by atoms with E-state index < -0.39 is 5.54 Å². The van der Waals surface area contributed by atoms with E-state index in [0.29, 0.717) is 19.5 Å². The molecule has 1 heterocycles. The van der Waals surface area contributed by atoms with E-state index in [1.165, 1.54) is 0 Å². The molecule has 0 aromatic carbocycles. The Morgan fingerprint density at radius 3 is 2.22 bits per heavy atom. The predicted molar refractivity (Wildman–Crippen MR) is 70.9 cm³/mol. The average molecular weight is 255 g/mol. The Balaban J connectivity index is 2.54.